The number of aryl methyl sites for hydroxylation is 1. The van der Waals surface area contributed by atoms with Crippen molar-refractivity contribution in [1.29, 1.82) is 0 Å². The van der Waals surface area contributed by atoms with Crippen LogP contribution in [0.15, 0.2) is 29.8 Å². The quantitative estimate of drug-likeness (QED) is 0.764. The Kier molecular flexibility index (Phi) is 5.29. The average Bonchev–Trinajstić information content (AvgIpc) is 2.93. The monoisotopic (exact) mass is 290 g/mol. The van der Waals surface area contributed by atoms with Crippen molar-refractivity contribution in [3.63, 3.8) is 0 Å². The van der Waals surface area contributed by atoms with Gasteiger partial charge in [0.1, 0.15) is 0 Å². The summed E-state index contributed by atoms with van der Waals surface area (Å²) in [6, 6.07) is 6.14. The summed E-state index contributed by atoms with van der Waals surface area (Å²) >= 11 is 0. The zero-order valence-electron chi connectivity index (χ0n) is 13.3. The number of fused-ring (bicyclic) bond motifs is 1. The molecular formula is C18H26O3. The van der Waals surface area contributed by atoms with E-state index in [2.05, 4.69) is 25.1 Å². The van der Waals surface area contributed by atoms with Gasteiger partial charge in [0.15, 0.2) is 11.5 Å². The minimum Gasteiger partial charge on any atom is -0.454 e. The molecule has 3 nitrogen and oxygen atoms in total. The predicted molar refractivity (Wildman–Crippen MR) is 84.8 cm³/mol. The van der Waals surface area contributed by atoms with E-state index >= 15 is 0 Å². The molecule has 0 amide bonds. The molecule has 0 fully saturated rings. The van der Waals surface area contributed by atoms with Gasteiger partial charge in [-0.25, -0.2) is 0 Å². The molecule has 0 aromatic heterocycles. The van der Waals surface area contributed by atoms with E-state index in [0.29, 0.717) is 6.79 Å². The van der Waals surface area contributed by atoms with Gasteiger partial charge in [0.25, 0.3) is 0 Å². The van der Waals surface area contributed by atoms with Crippen LogP contribution in [0.25, 0.3) is 0 Å². The zero-order chi connectivity index (χ0) is 15.3. The number of ether oxygens (including phenoxy) is 2. The summed E-state index contributed by atoms with van der Waals surface area (Å²) in [6.45, 7) is 6.41. The van der Waals surface area contributed by atoms with Crippen molar-refractivity contribution in [2.24, 2.45) is 0 Å². The van der Waals surface area contributed by atoms with E-state index in [1.807, 2.05) is 19.9 Å². The molecule has 0 spiro atoms. The summed E-state index contributed by atoms with van der Waals surface area (Å²) in [5.41, 5.74) is 2.08. The van der Waals surface area contributed by atoms with E-state index in [1.54, 1.807) is 0 Å². The van der Waals surface area contributed by atoms with E-state index < -0.39 is 5.60 Å². The van der Waals surface area contributed by atoms with Crippen LogP contribution in [0.4, 0.5) is 0 Å². The fourth-order valence-electron chi connectivity index (χ4n) is 2.33. The number of allylic oxidation sites excluding steroid dienone is 2. The molecule has 0 radical (unpaired) electrons. The third-order valence-electron chi connectivity index (χ3n) is 4.18. The van der Waals surface area contributed by atoms with Gasteiger partial charge in [-0.3, -0.25) is 0 Å². The molecule has 0 saturated heterocycles. The molecule has 1 aliphatic rings. The van der Waals surface area contributed by atoms with Crippen molar-refractivity contribution in [1.82, 2.24) is 0 Å². The van der Waals surface area contributed by atoms with Gasteiger partial charge in [0.05, 0.1) is 5.60 Å². The normalized spacial score (nSPS) is 16.9. The van der Waals surface area contributed by atoms with E-state index in [9.17, 15) is 5.11 Å². The standard InChI is InChI=1S/C18H26O3/c1-4-18(3,19)11-10-14(2)6-5-7-15-8-9-16-17(12-15)21-13-20-16/h6,8-9,12,19H,4-5,7,10-11,13H2,1-3H3/b14-6+. The van der Waals surface area contributed by atoms with Crippen LogP contribution in [0, 0.1) is 0 Å². The maximum absolute atomic E-state index is 10.0. The van der Waals surface area contributed by atoms with E-state index in [0.717, 1.165) is 43.6 Å². The summed E-state index contributed by atoms with van der Waals surface area (Å²) in [4.78, 5) is 0. The summed E-state index contributed by atoms with van der Waals surface area (Å²) < 4.78 is 10.7. The molecule has 1 heterocycles. The van der Waals surface area contributed by atoms with E-state index in [1.165, 1.54) is 11.1 Å². The summed E-state index contributed by atoms with van der Waals surface area (Å²) in [5.74, 6) is 1.69. The van der Waals surface area contributed by atoms with Gasteiger partial charge in [0.2, 0.25) is 6.79 Å². The lowest BCUT2D eigenvalue weighted by Crippen LogP contribution is -2.22. The van der Waals surface area contributed by atoms with Gasteiger partial charge in [-0.1, -0.05) is 24.6 Å². The van der Waals surface area contributed by atoms with E-state index in [4.69, 9.17) is 9.47 Å². The second-order valence-electron chi connectivity index (χ2n) is 6.13. The molecule has 1 unspecified atom stereocenters. The minimum absolute atomic E-state index is 0.329. The summed E-state index contributed by atoms with van der Waals surface area (Å²) in [7, 11) is 0. The lowest BCUT2D eigenvalue weighted by Gasteiger charge is -2.21. The van der Waals surface area contributed by atoms with Crippen molar-refractivity contribution in [2.75, 3.05) is 6.79 Å². The Morgan fingerprint density at radius 3 is 2.86 bits per heavy atom. The molecule has 116 valence electrons. The first-order valence-corrected chi connectivity index (χ1v) is 7.77. The van der Waals surface area contributed by atoms with Gasteiger partial charge in [0, 0.05) is 0 Å². The van der Waals surface area contributed by atoms with Crippen molar-refractivity contribution >= 4 is 0 Å². The Bertz CT molecular complexity index is 503. The largest absolute Gasteiger partial charge is 0.454 e. The van der Waals surface area contributed by atoms with Crippen LogP contribution in [-0.4, -0.2) is 17.5 Å². The number of aliphatic hydroxyl groups is 1. The second-order valence-corrected chi connectivity index (χ2v) is 6.13. The lowest BCUT2D eigenvalue weighted by molar-refractivity contribution is 0.0473. The average molecular weight is 290 g/mol. The van der Waals surface area contributed by atoms with Gasteiger partial charge >= 0.3 is 0 Å². The van der Waals surface area contributed by atoms with Crippen LogP contribution in [0.1, 0.15) is 52.0 Å². The molecule has 0 bridgehead atoms. The zero-order valence-corrected chi connectivity index (χ0v) is 13.3. The highest BCUT2D eigenvalue weighted by molar-refractivity contribution is 5.44. The Morgan fingerprint density at radius 1 is 1.33 bits per heavy atom. The van der Waals surface area contributed by atoms with Crippen LogP contribution < -0.4 is 9.47 Å². The fraction of sp³-hybridized carbons (Fsp3) is 0.556. The molecular weight excluding hydrogens is 264 g/mol. The third-order valence-corrected chi connectivity index (χ3v) is 4.18. The number of hydrogen-bond donors (Lipinski definition) is 1. The maximum atomic E-state index is 10.0. The lowest BCUT2D eigenvalue weighted by atomic mass is 9.94. The number of rotatable bonds is 7. The van der Waals surface area contributed by atoms with Crippen LogP contribution >= 0.6 is 0 Å². The minimum atomic E-state index is -0.535. The van der Waals surface area contributed by atoms with Crippen LogP contribution in [0.3, 0.4) is 0 Å². The Labute approximate surface area is 127 Å². The molecule has 1 aromatic carbocycles. The Morgan fingerprint density at radius 2 is 2.10 bits per heavy atom. The molecule has 3 heteroatoms. The molecule has 2 rings (SSSR count). The second kappa shape index (κ2) is 6.99. The van der Waals surface area contributed by atoms with Gasteiger partial charge in [-0.05, 0) is 63.6 Å². The molecule has 1 aromatic rings. The highest BCUT2D eigenvalue weighted by Gasteiger charge is 2.16. The first-order valence-electron chi connectivity index (χ1n) is 7.77. The molecule has 21 heavy (non-hydrogen) atoms. The van der Waals surface area contributed by atoms with Crippen molar-refractivity contribution < 1.29 is 14.6 Å². The van der Waals surface area contributed by atoms with Gasteiger partial charge < -0.3 is 14.6 Å². The van der Waals surface area contributed by atoms with Crippen molar-refractivity contribution in [2.45, 2.75) is 58.5 Å². The summed E-state index contributed by atoms with van der Waals surface area (Å²) in [5, 5.41) is 10.0. The first kappa shape index (κ1) is 15.9. The molecule has 1 atom stereocenters. The van der Waals surface area contributed by atoms with Gasteiger partial charge in [-0.2, -0.15) is 0 Å². The van der Waals surface area contributed by atoms with Crippen LogP contribution in [-0.2, 0) is 6.42 Å². The van der Waals surface area contributed by atoms with E-state index in [-0.39, 0.29) is 0 Å². The number of benzene rings is 1. The number of hydrogen-bond acceptors (Lipinski definition) is 3. The molecule has 1 N–H and O–H groups in total. The summed E-state index contributed by atoms with van der Waals surface area (Å²) in [6.07, 6.45) is 6.88. The highest BCUT2D eigenvalue weighted by Crippen LogP contribution is 2.32. The first-order chi connectivity index (χ1) is 10.00. The smallest absolute Gasteiger partial charge is 0.231 e. The van der Waals surface area contributed by atoms with Crippen molar-refractivity contribution in [3.05, 3.63) is 35.4 Å². The molecule has 0 aliphatic carbocycles. The third kappa shape index (κ3) is 4.78. The SMILES string of the molecule is CCC(C)(O)CC/C(C)=C/CCc1ccc2c(c1)OCO2. The maximum Gasteiger partial charge on any atom is 0.231 e. The van der Waals surface area contributed by atoms with Crippen molar-refractivity contribution in [3.8, 4) is 11.5 Å². The van der Waals surface area contributed by atoms with Crippen LogP contribution in [0.5, 0.6) is 11.5 Å². The topological polar surface area (TPSA) is 38.7 Å². The Hall–Kier alpha value is -1.48. The van der Waals surface area contributed by atoms with Gasteiger partial charge in [-0.15, -0.1) is 0 Å². The predicted octanol–water partition coefficient (Wildman–Crippen LogP) is 4.24. The molecule has 0 saturated carbocycles. The van der Waals surface area contributed by atoms with Crippen LogP contribution in [0.2, 0.25) is 0 Å². The molecule has 1 aliphatic heterocycles. The fourth-order valence-corrected chi connectivity index (χ4v) is 2.33. The highest BCUT2D eigenvalue weighted by atomic mass is 16.7. The Balaban J connectivity index is 1.79.